The van der Waals surface area contributed by atoms with Crippen molar-refractivity contribution in [3.63, 3.8) is 0 Å². The number of halogens is 4. The molecule has 0 bridgehead atoms. The summed E-state index contributed by atoms with van der Waals surface area (Å²) in [4.78, 5) is 26.5. The third-order valence-corrected chi connectivity index (χ3v) is 4.05. The molecule has 0 radical (unpaired) electrons. The number of aryl methyl sites for hydroxylation is 1. The lowest BCUT2D eigenvalue weighted by Gasteiger charge is -2.14. The molecule has 5 nitrogen and oxygen atoms in total. The normalized spacial score (nSPS) is 12.8. The van der Waals surface area contributed by atoms with Crippen molar-refractivity contribution in [3.8, 4) is 11.4 Å². The van der Waals surface area contributed by atoms with Crippen LogP contribution in [0.1, 0.15) is 35.5 Å². The Morgan fingerprint density at radius 2 is 1.81 bits per heavy atom. The summed E-state index contributed by atoms with van der Waals surface area (Å²) in [5.74, 6) is -1.42. The number of nitrogens with zero attached hydrogens (tertiary/aromatic N) is 3. The maximum Gasteiger partial charge on any atom is 0.419 e. The Hall–Kier alpha value is -3.10. The van der Waals surface area contributed by atoms with Crippen molar-refractivity contribution < 1.29 is 17.6 Å². The Morgan fingerprint density at radius 3 is 2.44 bits per heavy atom. The van der Waals surface area contributed by atoms with Gasteiger partial charge in [0.1, 0.15) is 18.0 Å². The van der Waals surface area contributed by atoms with E-state index in [1.54, 1.807) is 19.9 Å². The zero-order valence-electron chi connectivity index (χ0n) is 14.3. The maximum absolute atomic E-state index is 13.9. The number of hydrogen-bond donors (Lipinski definition) is 1. The van der Waals surface area contributed by atoms with E-state index in [4.69, 9.17) is 0 Å². The molecule has 2 heterocycles. The SMILES string of the molecule is Cc1nc(-c2cc([C@H](C)c3ccc(C(F)(F)F)c(F)c3)ncn2)cc(=O)[nH]1. The van der Waals surface area contributed by atoms with E-state index >= 15 is 0 Å². The van der Waals surface area contributed by atoms with E-state index in [0.717, 1.165) is 6.07 Å². The van der Waals surface area contributed by atoms with Gasteiger partial charge in [-0.05, 0) is 30.7 Å². The summed E-state index contributed by atoms with van der Waals surface area (Å²) in [6.45, 7) is 3.31. The molecule has 0 unspecified atom stereocenters. The van der Waals surface area contributed by atoms with Gasteiger partial charge in [0.25, 0.3) is 5.56 Å². The van der Waals surface area contributed by atoms with Crippen LogP contribution in [0, 0.1) is 12.7 Å². The van der Waals surface area contributed by atoms with Crippen LogP contribution in [0.5, 0.6) is 0 Å². The zero-order valence-corrected chi connectivity index (χ0v) is 14.3. The highest BCUT2D eigenvalue weighted by atomic mass is 19.4. The summed E-state index contributed by atoms with van der Waals surface area (Å²) >= 11 is 0. The highest BCUT2D eigenvalue weighted by Crippen LogP contribution is 2.33. The minimum absolute atomic E-state index is 0.334. The first-order chi connectivity index (χ1) is 12.6. The van der Waals surface area contributed by atoms with Gasteiger partial charge in [-0.2, -0.15) is 13.2 Å². The van der Waals surface area contributed by atoms with Crippen molar-refractivity contribution in [3.05, 3.63) is 75.5 Å². The minimum Gasteiger partial charge on any atom is -0.311 e. The first-order valence-corrected chi connectivity index (χ1v) is 7.92. The smallest absolute Gasteiger partial charge is 0.311 e. The van der Waals surface area contributed by atoms with Crippen LogP contribution in [0.3, 0.4) is 0 Å². The van der Waals surface area contributed by atoms with Crippen LogP contribution in [0.15, 0.2) is 41.5 Å². The van der Waals surface area contributed by atoms with Gasteiger partial charge in [-0.3, -0.25) is 4.79 Å². The van der Waals surface area contributed by atoms with E-state index < -0.39 is 23.5 Å². The van der Waals surface area contributed by atoms with Gasteiger partial charge >= 0.3 is 6.18 Å². The van der Waals surface area contributed by atoms with Gasteiger partial charge in [0, 0.05) is 12.0 Å². The summed E-state index contributed by atoms with van der Waals surface area (Å²) < 4.78 is 52.0. The largest absolute Gasteiger partial charge is 0.419 e. The fourth-order valence-electron chi connectivity index (χ4n) is 2.66. The minimum atomic E-state index is -4.75. The van der Waals surface area contributed by atoms with E-state index in [9.17, 15) is 22.4 Å². The Kier molecular flexibility index (Phi) is 4.77. The molecule has 9 heteroatoms. The number of benzene rings is 1. The second-order valence-electron chi connectivity index (χ2n) is 6.00. The molecule has 0 saturated carbocycles. The van der Waals surface area contributed by atoms with Gasteiger partial charge in [0.15, 0.2) is 0 Å². The van der Waals surface area contributed by atoms with Crippen molar-refractivity contribution in [2.24, 2.45) is 0 Å². The summed E-state index contributed by atoms with van der Waals surface area (Å²) in [6.07, 6.45) is -3.49. The molecular weight excluding hydrogens is 364 g/mol. The molecule has 0 saturated heterocycles. The third-order valence-electron chi connectivity index (χ3n) is 4.05. The van der Waals surface area contributed by atoms with Crippen molar-refractivity contribution >= 4 is 0 Å². The summed E-state index contributed by atoms with van der Waals surface area (Å²) in [5.41, 5.74) is -0.140. The van der Waals surface area contributed by atoms with Gasteiger partial charge in [-0.25, -0.2) is 19.3 Å². The van der Waals surface area contributed by atoms with Gasteiger partial charge in [-0.15, -0.1) is 0 Å². The van der Waals surface area contributed by atoms with E-state index in [0.29, 0.717) is 34.5 Å². The number of H-pyrrole nitrogens is 1. The lowest BCUT2D eigenvalue weighted by atomic mass is 9.95. The Labute approximate surface area is 151 Å². The average Bonchev–Trinajstić information content (AvgIpc) is 2.59. The van der Waals surface area contributed by atoms with Gasteiger partial charge in [0.05, 0.1) is 22.6 Å². The Balaban J connectivity index is 1.97. The topological polar surface area (TPSA) is 71.5 Å². The summed E-state index contributed by atoms with van der Waals surface area (Å²) in [7, 11) is 0. The highest BCUT2D eigenvalue weighted by molar-refractivity contribution is 5.54. The van der Waals surface area contributed by atoms with Crippen LogP contribution in [0.4, 0.5) is 17.6 Å². The highest BCUT2D eigenvalue weighted by Gasteiger charge is 2.34. The van der Waals surface area contributed by atoms with Crippen molar-refractivity contribution in [1.82, 2.24) is 19.9 Å². The van der Waals surface area contributed by atoms with Crippen LogP contribution in [-0.2, 0) is 6.18 Å². The molecule has 1 aromatic carbocycles. The van der Waals surface area contributed by atoms with Crippen molar-refractivity contribution in [1.29, 1.82) is 0 Å². The predicted molar refractivity (Wildman–Crippen MR) is 89.5 cm³/mol. The molecule has 0 amide bonds. The number of alkyl halides is 3. The molecule has 0 aliphatic rings. The molecule has 0 aliphatic carbocycles. The Bertz CT molecular complexity index is 1050. The molecular formula is C18H14F4N4O. The van der Waals surface area contributed by atoms with Crippen LogP contribution in [0.2, 0.25) is 0 Å². The molecule has 27 heavy (non-hydrogen) atoms. The summed E-state index contributed by atoms with van der Waals surface area (Å²) in [6, 6.07) is 5.63. The standard InChI is InChI=1S/C18H14F4N4O/c1-9(11-3-4-12(13(19)5-11)18(20,21)22)14-6-15(24-8-23-14)16-7-17(27)26-10(2)25-16/h3-9H,1-2H3,(H,25,26,27)/t9-/m1/s1. The second kappa shape index (κ2) is 6.90. The molecule has 2 aromatic heterocycles. The predicted octanol–water partition coefficient (Wildman–Crippen LogP) is 3.85. The average molecular weight is 378 g/mol. The Morgan fingerprint density at radius 1 is 1.07 bits per heavy atom. The zero-order chi connectivity index (χ0) is 19.8. The second-order valence-corrected chi connectivity index (χ2v) is 6.00. The molecule has 0 aliphatic heterocycles. The van der Waals surface area contributed by atoms with Gasteiger partial charge in [0.2, 0.25) is 0 Å². The van der Waals surface area contributed by atoms with E-state index in [1.807, 2.05) is 0 Å². The molecule has 0 spiro atoms. The number of aromatic amines is 1. The van der Waals surface area contributed by atoms with Gasteiger partial charge in [-0.1, -0.05) is 13.0 Å². The third kappa shape index (κ3) is 4.02. The van der Waals surface area contributed by atoms with Crippen molar-refractivity contribution in [2.75, 3.05) is 0 Å². The van der Waals surface area contributed by atoms with Crippen LogP contribution >= 0.6 is 0 Å². The molecule has 1 atom stereocenters. The first-order valence-electron chi connectivity index (χ1n) is 7.92. The molecule has 0 fully saturated rings. The van der Waals surface area contributed by atoms with E-state index in [2.05, 4.69) is 19.9 Å². The fourth-order valence-corrected chi connectivity index (χ4v) is 2.66. The number of hydrogen-bond acceptors (Lipinski definition) is 4. The van der Waals surface area contributed by atoms with Crippen molar-refractivity contribution in [2.45, 2.75) is 25.9 Å². The van der Waals surface area contributed by atoms with Crippen LogP contribution < -0.4 is 5.56 Å². The number of nitrogens with one attached hydrogen (secondary N) is 1. The van der Waals surface area contributed by atoms with Crippen LogP contribution in [0.25, 0.3) is 11.4 Å². The maximum atomic E-state index is 13.9. The number of aromatic nitrogens is 4. The van der Waals surface area contributed by atoms with E-state index in [-0.39, 0.29) is 5.56 Å². The summed E-state index contributed by atoms with van der Waals surface area (Å²) in [5, 5.41) is 0. The van der Waals surface area contributed by atoms with Gasteiger partial charge < -0.3 is 4.98 Å². The quantitative estimate of drug-likeness (QED) is 0.703. The van der Waals surface area contributed by atoms with Crippen LogP contribution in [-0.4, -0.2) is 19.9 Å². The molecule has 3 aromatic rings. The lowest BCUT2D eigenvalue weighted by Crippen LogP contribution is -2.10. The van der Waals surface area contributed by atoms with E-state index in [1.165, 1.54) is 18.5 Å². The lowest BCUT2D eigenvalue weighted by molar-refractivity contribution is -0.140. The molecule has 3 rings (SSSR count). The molecule has 140 valence electrons. The molecule has 1 N–H and O–H groups in total. The first kappa shape index (κ1) is 18.7. The fraction of sp³-hybridized carbons (Fsp3) is 0.222. The number of rotatable bonds is 3. The monoisotopic (exact) mass is 378 g/mol.